The second-order valence-electron chi connectivity index (χ2n) is 9.63. The van der Waals surface area contributed by atoms with Gasteiger partial charge in [-0.3, -0.25) is 9.48 Å². The smallest absolute Gasteiger partial charge is 0.372 e. The number of amides is 1. The van der Waals surface area contributed by atoms with Gasteiger partial charge in [0.25, 0.3) is 5.91 Å². The molecule has 2 aromatic heterocycles. The van der Waals surface area contributed by atoms with E-state index in [0.717, 1.165) is 23.2 Å². The van der Waals surface area contributed by atoms with Crippen molar-refractivity contribution in [1.82, 2.24) is 14.8 Å². The molecule has 4 rings (SSSR count). The Bertz CT molecular complexity index is 1280. The fraction of sp³-hybridized carbons (Fsp3) is 0.571. The molecule has 192 valence electrons. The van der Waals surface area contributed by atoms with Gasteiger partial charge in [-0.15, -0.1) is 0 Å². The van der Waals surface area contributed by atoms with E-state index in [2.05, 4.69) is 15.4 Å². The summed E-state index contributed by atoms with van der Waals surface area (Å²) < 4.78 is 95.9. The summed E-state index contributed by atoms with van der Waals surface area (Å²) in [4.78, 5) is 17.0. The van der Waals surface area contributed by atoms with Crippen molar-refractivity contribution in [2.75, 3.05) is 18.7 Å². The first-order valence-electron chi connectivity index (χ1n) is 10.6. The van der Waals surface area contributed by atoms with Crippen LogP contribution in [-0.2, 0) is 32.8 Å². The minimum absolute atomic E-state index is 0.0292. The molecule has 2 heterocycles. The van der Waals surface area contributed by atoms with Crippen molar-refractivity contribution >= 4 is 21.3 Å². The van der Waals surface area contributed by atoms with Gasteiger partial charge >= 0.3 is 6.18 Å². The summed E-state index contributed by atoms with van der Waals surface area (Å²) in [6.45, 7) is 1.18. The van der Waals surface area contributed by atoms with Crippen LogP contribution in [0, 0.1) is 10.2 Å². The van der Waals surface area contributed by atoms with Crippen LogP contribution in [0.25, 0.3) is 0 Å². The van der Waals surface area contributed by atoms with Crippen LogP contribution in [0.4, 0.5) is 27.6 Å². The van der Waals surface area contributed by atoms with Crippen LogP contribution in [0.5, 0.6) is 0 Å². The Morgan fingerprint density at radius 3 is 2.43 bits per heavy atom. The summed E-state index contributed by atoms with van der Waals surface area (Å²) >= 11 is 0. The zero-order chi connectivity index (χ0) is 26.0. The zero-order valence-corrected chi connectivity index (χ0v) is 19.9. The van der Waals surface area contributed by atoms with Crippen molar-refractivity contribution in [3.63, 3.8) is 0 Å². The fourth-order valence-corrected chi connectivity index (χ4v) is 5.22. The van der Waals surface area contributed by atoms with Gasteiger partial charge in [-0.05, 0) is 30.4 Å². The van der Waals surface area contributed by atoms with Gasteiger partial charge in [-0.2, -0.15) is 18.3 Å². The second kappa shape index (κ2) is 7.95. The van der Waals surface area contributed by atoms with E-state index in [1.165, 1.54) is 20.1 Å². The first-order chi connectivity index (χ1) is 16.0. The molecule has 0 aromatic carbocycles. The molecule has 0 spiro atoms. The number of aromatic nitrogens is 3. The first kappa shape index (κ1) is 25.5. The fourth-order valence-electron chi connectivity index (χ4n) is 4.61. The number of carbonyl (C=O) groups is 1. The predicted octanol–water partition coefficient (Wildman–Crippen LogP) is 4.66. The summed E-state index contributed by atoms with van der Waals surface area (Å²) in [5, 5.41) is 6.26. The lowest BCUT2D eigenvalue weighted by Gasteiger charge is -2.44. The highest BCUT2D eigenvalue weighted by Crippen LogP contribution is 2.55. The maximum Gasteiger partial charge on any atom is 0.420 e. The highest BCUT2D eigenvalue weighted by Gasteiger charge is 2.57. The molecule has 0 aliphatic heterocycles. The van der Waals surface area contributed by atoms with Gasteiger partial charge in [-0.1, -0.05) is 6.92 Å². The normalized spacial score (nSPS) is 21.6. The summed E-state index contributed by atoms with van der Waals surface area (Å²) in [5.74, 6) is -4.11. The standard InChI is InChI=1S/C21H24F5N5O3S/c1-18(9-20(22,23)10-18)11-31-15(14(21(24,25)26)16(30-31)19(34-2)5-6-19)17(32)29-12-4-7-28-13(8-12)35(3,27)33/h4,7-8,27H,5-6,9-11H2,1-3H3,(H,28,29,32). The molecule has 2 N–H and O–H groups in total. The van der Waals surface area contributed by atoms with Gasteiger partial charge in [0.15, 0.2) is 0 Å². The molecule has 1 unspecified atom stereocenters. The second-order valence-corrected chi connectivity index (χ2v) is 11.7. The lowest BCUT2D eigenvalue weighted by molar-refractivity contribution is -0.160. The van der Waals surface area contributed by atoms with Crippen LogP contribution in [0.2, 0.25) is 0 Å². The first-order valence-corrected chi connectivity index (χ1v) is 12.6. The molecule has 1 atom stereocenters. The average Bonchev–Trinajstić information content (AvgIpc) is 3.39. The molecule has 2 saturated carbocycles. The Kier molecular flexibility index (Phi) is 5.79. The highest BCUT2D eigenvalue weighted by molar-refractivity contribution is 7.91. The third kappa shape index (κ3) is 4.90. The Labute approximate surface area is 198 Å². The molecular formula is C21H24F5N5O3S. The maximum absolute atomic E-state index is 14.3. The number of anilines is 1. The number of nitrogens with zero attached hydrogens (tertiary/aromatic N) is 3. The number of ether oxygens (including phenoxy) is 1. The third-order valence-corrected chi connectivity index (χ3v) is 7.29. The Morgan fingerprint density at radius 1 is 1.31 bits per heavy atom. The van der Waals surface area contributed by atoms with Crippen LogP contribution in [0.3, 0.4) is 0 Å². The Balaban J connectivity index is 1.80. The van der Waals surface area contributed by atoms with E-state index in [1.807, 2.05) is 0 Å². The van der Waals surface area contributed by atoms with E-state index < -0.39 is 68.5 Å². The Morgan fingerprint density at radius 2 is 1.94 bits per heavy atom. The quantitative estimate of drug-likeness (QED) is 0.516. The maximum atomic E-state index is 14.3. The van der Waals surface area contributed by atoms with E-state index in [4.69, 9.17) is 9.52 Å². The minimum Gasteiger partial charge on any atom is -0.372 e. The molecule has 2 aliphatic rings. The molecule has 1 amide bonds. The van der Waals surface area contributed by atoms with Crippen LogP contribution in [-0.4, -0.2) is 44.2 Å². The molecule has 0 bridgehead atoms. The van der Waals surface area contributed by atoms with E-state index in [9.17, 15) is 31.0 Å². The number of nitrogens with one attached hydrogen (secondary N) is 2. The van der Waals surface area contributed by atoms with E-state index in [-0.39, 0.29) is 30.1 Å². The van der Waals surface area contributed by atoms with Crippen molar-refractivity contribution in [1.29, 1.82) is 4.78 Å². The number of halogens is 5. The monoisotopic (exact) mass is 521 g/mol. The van der Waals surface area contributed by atoms with Gasteiger partial charge in [0, 0.05) is 44.6 Å². The molecule has 35 heavy (non-hydrogen) atoms. The van der Waals surface area contributed by atoms with E-state index in [0.29, 0.717) is 0 Å². The molecule has 2 aliphatic carbocycles. The predicted molar refractivity (Wildman–Crippen MR) is 115 cm³/mol. The van der Waals surface area contributed by atoms with Crippen molar-refractivity contribution in [2.45, 2.75) is 61.9 Å². The number of pyridine rings is 1. The average molecular weight is 522 g/mol. The SMILES string of the molecule is COC1(c2nn(CC3(C)CC(F)(F)C3)c(C(=O)Nc3ccnc(S(C)(=N)=O)c3)c2C(F)(F)F)CC1. The number of methoxy groups -OCH3 is 1. The van der Waals surface area contributed by atoms with Crippen LogP contribution in [0.15, 0.2) is 23.4 Å². The summed E-state index contributed by atoms with van der Waals surface area (Å²) in [5.41, 5.74) is -4.95. The number of hydrogen-bond donors (Lipinski definition) is 2. The lowest BCUT2D eigenvalue weighted by atomic mass is 9.67. The van der Waals surface area contributed by atoms with Crippen molar-refractivity contribution in [2.24, 2.45) is 5.41 Å². The zero-order valence-electron chi connectivity index (χ0n) is 19.1. The van der Waals surface area contributed by atoms with Gasteiger partial charge in [0.1, 0.15) is 27.6 Å². The van der Waals surface area contributed by atoms with Gasteiger partial charge in [-0.25, -0.2) is 22.8 Å². The molecule has 2 fully saturated rings. The highest BCUT2D eigenvalue weighted by atomic mass is 32.2. The molecular weight excluding hydrogens is 497 g/mol. The number of rotatable bonds is 7. The summed E-state index contributed by atoms with van der Waals surface area (Å²) in [6, 6.07) is 2.40. The van der Waals surface area contributed by atoms with Gasteiger partial charge in [0.2, 0.25) is 5.92 Å². The molecule has 8 nitrogen and oxygen atoms in total. The minimum atomic E-state index is -4.98. The topological polar surface area (TPSA) is 110 Å². The van der Waals surface area contributed by atoms with Crippen LogP contribution >= 0.6 is 0 Å². The molecule has 2 aromatic rings. The number of hydrogen-bond acceptors (Lipinski definition) is 6. The van der Waals surface area contributed by atoms with Crippen molar-refractivity contribution in [3.8, 4) is 0 Å². The number of alkyl halides is 5. The molecule has 0 saturated heterocycles. The largest absolute Gasteiger partial charge is 0.420 e. The summed E-state index contributed by atoms with van der Waals surface area (Å²) in [7, 11) is -2.00. The van der Waals surface area contributed by atoms with Gasteiger partial charge in [0.05, 0.1) is 9.73 Å². The van der Waals surface area contributed by atoms with Crippen LogP contribution < -0.4 is 5.32 Å². The van der Waals surface area contributed by atoms with Gasteiger partial charge < -0.3 is 10.1 Å². The van der Waals surface area contributed by atoms with Crippen molar-refractivity contribution < 1.29 is 35.7 Å². The number of carbonyl (C=O) groups excluding carboxylic acids is 1. The van der Waals surface area contributed by atoms with Crippen molar-refractivity contribution in [3.05, 3.63) is 35.3 Å². The summed E-state index contributed by atoms with van der Waals surface area (Å²) in [6.07, 6.45) is -3.27. The molecule has 14 heteroatoms. The third-order valence-electron chi connectivity index (χ3n) is 6.27. The van der Waals surface area contributed by atoms with E-state index in [1.54, 1.807) is 0 Å². The Hall–Kier alpha value is -2.61. The molecule has 0 radical (unpaired) electrons. The lowest BCUT2D eigenvalue weighted by Crippen LogP contribution is -2.47. The van der Waals surface area contributed by atoms with Crippen LogP contribution in [0.1, 0.15) is 54.4 Å². The van der Waals surface area contributed by atoms with E-state index >= 15 is 0 Å².